The molecule has 10 nitrogen and oxygen atoms in total. The molecule has 2 aliphatic rings. The third-order valence-corrected chi connectivity index (χ3v) is 8.47. The molecule has 4 N–H and O–H groups in total. The molecular formula is C31H35N9O. The standard InChI is InChI=1S/C31H35N9O/c1-39-8-10-40(11-9-39)29-19-34-18-28-24(29)15-27(36-28)31-25-14-21(2-3-26(25)37-38-31)22-13-23(17-33-16-22)35-30(41)12-20-4-6-32-7-5-20/h2-3,13-20,32,36H,4-12H2,1H3,(H,35,41)(H,37,38). The summed E-state index contributed by atoms with van der Waals surface area (Å²) in [6, 6.07) is 10.4. The van der Waals surface area contributed by atoms with E-state index in [-0.39, 0.29) is 5.91 Å². The normalized spacial score (nSPS) is 17.0. The molecule has 1 aromatic carbocycles. The van der Waals surface area contributed by atoms with Gasteiger partial charge >= 0.3 is 0 Å². The molecule has 0 bridgehead atoms. The first kappa shape index (κ1) is 25.7. The highest BCUT2D eigenvalue weighted by Gasteiger charge is 2.20. The minimum Gasteiger partial charge on any atom is -0.367 e. The Bertz CT molecular complexity index is 1690. The van der Waals surface area contributed by atoms with Crippen molar-refractivity contribution >= 4 is 39.1 Å². The molecule has 4 aromatic heterocycles. The van der Waals surface area contributed by atoms with E-state index in [0.717, 1.165) is 102 Å². The number of hydrogen-bond donors (Lipinski definition) is 4. The van der Waals surface area contributed by atoms with Gasteiger partial charge in [0.25, 0.3) is 0 Å². The Balaban J connectivity index is 1.16. The number of hydrogen-bond acceptors (Lipinski definition) is 7. The number of pyridine rings is 2. The lowest BCUT2D eigenvalue weighted by Gasteiger charge is -2.34. The van der Waals surface area contributed by atoms with Crippen LogP contribution in [0.25, 0.3) is 44.3 Å². The highest BCUT2D eigenvalue weighted by Crippen LogP contribution is 2.35. The quantitative estimate of drug-likeness (QED) is 0.250. The number of aromatic amines is 2. The number of carbonyl (C=O) groups is 1. The molecule has 1 amide bonds. The average Bonchev–Trinajstić information content (AvgIpc) is 3.62. The maximum Gasteiger partial charge on any atom is 0.224 e. The lowest BCUT2D eigenvalue weighted by atomic mass is 9.94. The number of benzene rings is 1. The topological polar surface area (TPSA) is 118 Å². The van der Waals surface area contributed by atoms with E-state index in [1.54, 1.807) is 6.20 Å². The Labute approximate surface area is 238 Å². The molecule has 0 spiro atoms. The fourth-order valence-electron chi connectivity index (χ4n) is 6.09. The number of piperidine rings is 1. The number of H-pyrrole nitrogens is 2. The third-order valence-electron chi connectivity index (χ3n) is 8.47. The van der Waals surface area contributed by atoms with Crippen molar-refractivity contribution in [2.24, 2.45) is 5.92 Å². The van der Waals surface area contributed by atoms with Crippen molar-refractivity contribution in [3.05, 3.63) is 55.1 Å². The van der Waals surface area contributed by atoms with Gasteiger partial charge in [0.15, 0.2) is 0 Å². The van der Waals surface area contributed by atoms with Crippen LogP contribution in [0.15, 0.2) is 55.1 Å². The zero-order chi connectivity index (χ0) is 27.8. The number of rotatable bonds is 6. The Morgan fingerprint density at radius 3 is 2.61 bits per heavy atom. The molecule has 0 aliphatic carbocycles. The predicted molar refractivity (Wildman–Crippen MR) is 163 cm³/mol. The predicted octanol–water partition coefficient (Wildman–Crippen LogP) is 4.25. The van der Waals surface area contributed by atoms with Gasteiger partial charge in [-0.2, -0.15) is 5.10 Å². The summed E-state index contributed by atoms with van der Waals surface area (Å²) >= 11 is 0. The van der Waals surface area contributed by atoms with Crippen molar-refractivity contribution in [1.82, 2.24) is 35.4 Å². The number of aromatic nitrogens is 5. The number of amides is 1. The summed E-state index contributed by atoms with van der Waals surface area (Å²) in [6.45, 7) is 6.02. The van der Waals surface area contributed by atoms with Gasteiger partial charge < -0.3 is 25.4 Å². The first-order chi connectivity index (χ1) is 20.1. The zero-order valence-corrected chi connectivity index (χ0v) is 23.3. The molecule has 2 saturated heterocycles. The molecule has 5 aromatic rings. The van der Waals surface area contributed by atoms with Crippen molar-refractivity contribution in [3.63, 3.8) is 0 Å². The van der Waals surface area contributed by atoms with Crippen molar-refractivity contribution in [2.45, 2.75) is 19.3 Å². The Kier molecular flexibility index (Phi) is 6.85. The first-order valence-corrected chi connectivity index (χ1v) is 14.5. The molecule has 6 heterocycles. The van der Waals surface area contributed by atoms with E-state index in [4.69, 9.17) is 0 Å². The zero-order valence-electron chi connectivity index (χ0n) is 23.3. The summed E-state index contributed by atoms with van der Waals surface area (Å²) in [5.41, 5.74) is 7.60. The average molecular weight is 550 g/mol. The van der Waals surface area contributed by atoms with Crippen molar-refractivity contribution in [2.75, 3.05) is 56.5 Å². The molecule has 0 radical (unpaired) electrons. The number of piperazine rings is 1. The minimum atomic E-state index is 0.0488. The van der Waals surface area contributed by atoms with Crippen LogP contribution in [-0.4, -0.2) is 82.3 Å². The van der Waals surface area contributed by atoms with Gasteiger partial charge in [0, 0.05) is 55.1 Å². The second kappa shape index (κ2) is 10.9. The van der Waals surface area contributed by atoms with E-state index in [9.17, 15) is 4.79 Å². The van der Waals surface area contributed by atoms with Gasteiger partial charge in [-0.05, 0) is 68.7 Å². The second-order valence-electron chi connectivity index (χ2n) is 11.3. The van der Waals surface area contributed by atoms with Gasteiger partial charge in [-0.15, -0.1) is 0 Å². The maximum atomic E-state index is 12.7. The molecule has 7 rings (SSSR count). The minimum absolute atomic E-state index is 0.0488. The fraction of sp³-hybridized carbons (Fsp3) is 0.355. The van der Waals surface area contributed by atoms with Gasteiger partial charge in [-0.1, -0.05) is 6.07 Å². The largest absolute Gasteiger partial charge is 0.367 e. The van der Waals surface area contributed by atoms with E-state index in [1.165, 1.54) is 0 Å². The third kappa shape index (κ3) is 5.28. The van der Waals surface area contributed by atoms with Crippen LogP contribution in [0.1, 0.15) is 19.3 Å². The van der Waals surface area contributed by atoms with E-state index in [0.29, 0.717) is 18.0 Å². The van der Waals surface area contributed by atoms with Gasteiger partial charge in [0.2, 0.25) is 5.91 Å². The lowest BCUT2D eigenvalue weighted by Crippen LogP contribution is -2.44. The van der Waals surface area contributed by atoms with Gasteiger partial charge in [0.1, 0.15) is 5.69 Å². The number of fused-ring (bicyclic) bond motifs is 2. The maximum absolute atomic E-state index is 12.7. The Morgan fingerprint density at radius 2 is 1.76 bits per heavy atom. The Hall–Kier alpha value is -4.28. The first-order valence-electron chi connectivity index (χ1n) is 14.5. The summed E-state index contributed by atoms with van der Waals surface area (Å²) in [5.74, 6) is 0.486. The molecule has 0 unspecified atom stereocenters. The van der Waals surface area contributed by atoms with Crippen molar-refractivity contribution in [1.29, 1.82) is 0 Å². The molecule has 0 atom stereocenters. The van der Waals surface area contributed by atoms with Crippen molar-refractivity contribution < 1.29 is 4.79 Å². The molecule has 2 aliphatic heterocycles. The summed E-state index contributed by atoms with van der Waals surface area (Å²) in [7, 11) is 2.17. The number of nitrogens with zero attached hydrogens (tertiary/aromatic N) is 5. The van der Waals surface area contributed by atoms with E-state index < -0.39 is 0 Å². The van der Waals surface area contributed by atoms with E-state index >= 15 is 0 Å². The number of likely N-dealkylation sites (N-methyl/N-ethyl adjacent to an activating group) is 1. The fourth-order valence-corrected chi connectivity index (χ4v) is 6.09. The lowest BCUT2D eigenvalue weighted by molar-refractivity contribution is -0.117. The number of nitrogens with one attached hydrogen (secondary N) is 4. The number of carbonyl (C=O) groups excluding carboxylic acids is 1. The summed E-state index contributed by atoms with van der Waals surface area (Å²) in [6.07, 6.45) is 10.0. The van der Waals surface area contributed by atoms with Crippen LogP contribution >= 0.6 is 0 Å². The molecular weight excluding hydrogens is 514 g/mol. The number of anilines is 2. The van der Waals surface area contributed by atoms with Crippen LogP contribution in [0.5, 0.6) is 0 Å². The van der Waals surface area contributed by atoms with Gasteiger partial charge in [-0.25, -0.2) is 0 Å². The Morgan fingerprint density at radius 1 is 0.927 bits per heavy atom. The highest BCUT2D eigenvalue weighted by molar-refractivity contribution is 6.00. The molecule has 0 saturated carbocycles. The van der Waals surface area contributed by atoms with Crippen LogP contribution in [0, 0.1) is 5.92 Å². The second-order valence-corrected chi connectivity index (χ2v) is 11.3. The summed E-state index contributed by atoms with van der Waals surface area (Å²) in [4.78, 5) is 30.0. The molecule has 41 heavy (non-hydrogen) atoms. The van der Waals surface area contributed by atoms with Gasteiger partial charge in [0.05, 0.1) is 46.7 Å². The molecule has 210 valence electrons. The SMILES string of the molecule is CN1CCN(c2cncc3[nH]c(-c4n[nH]c5ccc(-c6cncc(NC(=O)CC7CCNCC7)c6)cc45)cc23)CC1. The van der Waals surface area contributed by atoms with Crippen LogP contribution in [0.4, 0.5) is 11.4 Å². The van der Waals surface area contributed by atoms with Gasteiger partial charge in [-0.3, -0.25) is 19.9 Å². The molecule has 10 heteroatoms. The van der Waals surface area contributed by atoms with Crippen LogP contribution < -0.4 is 15.5 Å². The van der Waals surface area contributed by atoms with E-state index in [2.05, 4.69) is 70.8 Å². The van der Waals surface area contributed by atoms with Crippen LogP contribution in [-0.2, 0) is 4.79 Å². The molecule has 2 fully saturated rings. The van der Waals surface area contributed by atoms with E-state index in [1.807, 2.05) is 30.7 Å². The summed E-state index contributed by atoms with van der Waals surface area (Å²) < 4.78 is 0. The monoisotopic (exact) mass is 549 g/mol. The smallest absolute Gasteiger partial charge is 0.224 e. The highest BCUT2D eigenvalue weighted by atomic mass is 16.1. The summed E-state index contributed by atoms with van der Waals surface area (Å²) in [5, 5.41) is 16.5. The van der Waals surface area contributed by atoms with Crippen molar-refractivity contribution in [3.8, 4) is 22.5 Å². The van der Waals surface area contributed by atoms with Crippen LogP contribution in [0.3, 0.4) is 0 Å². The van der Waals surface area contributed by atoms with Crippen LogP contribution in [0.2, 0.25) is 0 Å².